The highest BCUT2D eigenvalue weighted by Gasteiger charge is 2.49. The van der Waals surface area contributed by atoms with Crippen molar-refractivity contribution in [2.45, 2.75) is 20.3 Å². The molecule has 0 heterocycles. The van der Waals surface area contributed by atoms with E-state index in [0.717, 1.165) is 30.2 Å². The second-order valence-electron chi connectivity index (χ2n) is 6.89. The van der Waals surface area contributed by atoms with E-state index in [1.165, 1.54) is 0 Å². The van der Waals surface area contributed by atoms with Crippen LogP contribution in [-0.2, 0) is 9.59 Å². The number of nitrogens with zero attached hydrogens (tertiary/aromatic N) is 2. The van der Waals surface area contributed by atoms with Gasteiger partial charge in [-0.3, -0.25) is 9.59 Å². The normalized spacial score (nSPS) is 17.9. The van der Waals surface area contributed by atoms with Crippen molar-refractivity contribution >= 4 is 28.9 Å². The van der Waals surface area contributed by atoms with Gasteiger partial charge in [0.15, 0.2) is 0 Å². The van der Waals surface area contributed by atoms with Gasteiger partial charge in [-0.05, 0) is 56.7 Å². The molecule has 0 aromatic heterocycles. The van der Waals surface area contributed by atoms with Crippen LogP contribution in [0.15, 0.2) is 54.6 Å². The molecular formula is C22H27N3O2. The molecule has 5 heteroatoms. The van der Waals surface area contributed by atoms with Crippen LogP contribution < -0.4 is 15.1 Å². The monoisotopic (exact) mass is 365 g/mol. The molecule has 1 fully saturated rings. The molecule has 0 bridgehead atoms. The maximum Gasteiger partial charge on any atom is 0.230 e. The molecule has 2 amide bonds. The Morgan fingerprint density at radius 3 is 2.15 bits per heavy atom. The molecule has 5 nitrogen and oxygen atoms in total. The Kier molecular flexibility index (Phi) is 5.79. The van der Waals surface area contributed by atoms with Gasteiger partial charge in [-0.1, -0.05) is 18.2 Å². The van der Waals surface area contributed by atoms with Crippen LogP contribution in [0.2, 0.25) is 0 Å². The topological polar surface area (TPSA) is 52.7 Å². The fraction of sp³-hybridized carbons (Fsp3) is 0.364. The van der Waals surface area contributed by atoms with E-state index >= 15 is 0 Å². The summed E-state index contributed by atoms with van der Waals surface area (Å²) in [5, 5.41) is 2.94. The molecule has 1 N–H and O–H groups in total. The lowest BCUT2D eigenvalue weighted by Crippen LogP contribution is -2.29. The molecule has 0 aliphatic heterocycles. The van der Waals surface area contributed by atoms with E-state index in [9.17, 15) is 9.59 Å². The van der Waals surface area contributed by atoms with Gasteiger partial charge in [-0.25, -0.2) is 0 Å². The second kappa shape index (κ2) is 8.25. The van der Waals surface area contributed by atoms with E-state index in [2.05, 4.69) is 24.1 Å². The van der Waals surface area contributed by atoms with Gasteiger partial charge in [0, 0.05) is 37.2 Å². The molecule has 1 saturated carbocycles. The van der Waals surface area contributed by atoms with Crippen LogP contribution in [0.1, 0.15) is 20.3 Å². The zero-order valence-electron chi connectivity index (χ0n) is 16.2. The molecule has 0 radical (unpaired) electrons. The van der Waals surface area contributed by atoms with Gasteiger partial charge in [0.25, 0.3) is 0 Å². The third-order valence-electron chi connectivity index (χ3n) is 5.18. The van der Waals surface area contributed by atoms with Gasteiger partial charge in [-0.2, -0.15) is 0 Å². The Bertz CT molecular complexity index is 785. The number of amides is 2. The lowest BCUT2D eigenvalue weighted by Gasteiger charge is -2.21. The van der Waals surface area contributed by atoms with Crippen molar-refractivity contribution in [2.24, 2.45) is 11.8 Å². The van der Waals surface area contributed by atoms with Crippen molar-refractivity contribution in [2.75, 3.05) is 35.3 Å². The van der Waals surface area contributed by atoms with Gasteiger partial charge in [-0.15, -0.1) is 0 Å². The molecule has 2 atom stereocenters. The number of para-hydroxylation sites is 1. The Morgan fingerprint density at radius 1 is 0.926 bits per heavy atom. The van der Waals surface area contributed by atoms with Gasteiger partial charge < -0.3 is 15.1 Å². The average molecular weight is 365 g/mol. The van der Waals surface area contributed by atoms with E-state index in [0.29, 0.717) is 6.42 Å². The van der Waals surface area contributed by atoms with Crippen molar-refractivity contribution in [3.8, 4) is 0 Å². The number of hydrogen-bond donors (Lipinski definition) is 1. The fourth-order valence-corrected chi connectivity index (χ4v) is 3.36. The first-order chi connectivity index (χ1) is 13.0. The fourth-order valence-electron chi connectivity index (χ4n) is 3.36. The molecule has 1 aliphatic rings. The van der Waals surface area contributed by atoms with Crippen LogP contribution in [0.25, 0.3) is 0 Å². The molecule has 2 aromatic carbocycles. The number of hydrogen-bond acceptors (Lipinski definition) is 3. The summed E-state index contributed by atoms with van der Waals surface area (Å²) in [5.74, 6) is -0.556. The SMILES string of the molecule is CCN(CC)c1ccc(NC(=O)C2CC2C(=O)N(C)c2ccccc2)cc1. The van der Waals surface area contributed by atoms with E-state index < -0.39 is 0 Å². The largest absolute Gasteiger partial charge is 0.372 e. The van der Waals surface area contributed by atoms with Crippen LogP contribution in [0.5, 0.6) is 0 Å². The standard InChI is InChI=1S/C22H27N3O2/c1-4-25(5-2)18-13-11-16(12-14-18)23-21(26)19-15-20(19)22(27)24(3)17-9-7-6-8-10-17/h6-14,19-20H,4-5,15H2,1-3H3,(H,23,26). The number of anilines is 3. The van der Waals surface area contributed by atoms with Crippen molar-refractivity contribution in [1.82, 2.24) is 0 Å². The number of carbonyl (C=O) groups excluding carboxylic acids is 2. The van der Waals surface area contributed by atoms with Crippen LogP contribution >= 0.6 is 0 Å². The van der Waals surface area contributed by atoms with Gasteiger partial charge >= 0.3 is 0 Å². The maximum absolute atomic E-state index is 12.6. The molecule has 2 unspecified atom stereocenters. The minimum atomic E-state index is -0.244. The zero-order chi connectivity index (χ0) is 19.4. The molecule has 0 spiro atoms. The maximum atomic E-state index is 12.6. The molecule has 2 aromatic rings. The number of benzene rings is 2. The molecule has 1 aliphatic carbocycles. The molecule has 142 valence electrons. The van der Waals surface area contributed by atoms with Crippen LogP contribution in [0.3, 0.4) is 0 Å². The number of carbonyl (C=O) groups is 2. The highest BCUT2D eigenvalue weighted by atomic mass is 16.2. The lowest BCUT2D eigenvalue weighted by atomic mass is 10.2. The minimum Gasteiger partial charge on any atom is -0.372 e. The van der Waals surface area contributed by atoms with E-state index in [-0.39, 0.29) is 23.7 Å². The number of rotatable bonds is 7. The van der Waals surface area contributed by atoms with Gasteiger partial charge in [0.05, 0.1) is 11.8 Å². The van der Waals surface area contributed by atoms with Crippen molar-refractivity contribution in [3.63, 3.8) is 0 Å². The third kappa shape index (κ3) is 4.30. The summed E-state index contributed by atoms with van der Waals surface area (Å²) in [5.41, 5.74) is 2.76. The molecule has 0 saturated heterocycles. The van der Waals surface area contributed by atoms with Crippen LogP contribution in [0.4, 0.5) is 17.1 Å². The Balaban J connectivity index is 1.56. The molecule has 3 rings (SSSR count). The Morgan fingerprint density at radius 2 is 1.56 bits per heavy atom. The Labute approximate surface area is 161 Å². The molecular weight excluding hydrogens is 338 g/mol. The quantitative estimate of drug-likeness (QED) is 0.813. The lowest BCUT2D eigenvalue weighted by molar-refractivity contribution is -0.123. The van der Waals surface area contributed by atoms with E-state index in [1.807, 2.05) is 54.6 Å². The summed E-state index contributed by atoms with van der Waals surface area (Å²) >= 11 is 0. The predicted molar refractivity (Wildman–Crippen MR) is 110 cm³/mol. The van der Waals surface area contributed by atoms with Crippen molar-refractivity contribution in [3.05, 3.63) is 54.6 Å². The van der Waals surface area contributed by atoms with E-state index in [4.69, 9.17) is 0 Å². The first-order valence-electron chi connectivity index (χ1n) is 9.53. The summed E-state index contributed by atoms with van der Waals surface area (Å²) < 4.78 is 0. The summed E-state index contributed by atoms with van der Waals surface area (Å²) in [6.45, 7) is 6.14. The second-order valence-corrected chi connectivity index (χ2v) is 6.89. The van der Waals surface area contributed by atoms with E-state index in [1.54, 1.807) is 11.9 Å². The summed E-state index contributed by atoms with van der Waals surface area (Å²) in [6, 6.07) is 17.4. The minimum absolute atomic E-state index is 0.00164. The first-order valence-corrected chi connectivity index (χ1v) is 9.53. The van der Waals surface area contributed by atoms with Crippen molar-refractivity contribution in [1.29, 1.82) is 0 Å². The smallest absolute Gasteiger partial charge is 0.230 e. The summed E-state index contributed by atoms with van der Waals surface area (Å²) in [6.07, 6.45) is 0.610. The average Bonchev–Trinajstić information content (AvgIpc) is 3.51. The van der Waals surface area contributed by atoms with Crippen LogP contribution in [0, 0.1) is 11.8 Å². The third-order valence-corrected chi connectivity index (χ3v) is 5.18. The van der Waals surface area contributed by atoms with Gasteiger partial charge in [0.2, 0.25) is 11.8 Å². The predicted octanol–water partition coefficient (Wildman–Crippen LogP) is 3.77. The van der Waals surface area contributed by atoms with Gasteiger partial charge in [0.1, 0.15) is 0 Å². The summed E-state index contributed by atoms with van der Waals surface area (Å²) in [4.78, 5) is 29.0. The highest BCUT2D eigenvalue weighted by Crippen LogP contribution is 2.41. The first kappa shape index (κ1) is 19.0. The summed E-state index contributed by atoms with van der Waals surface area (Å²) in [7, 11) is 1.76. The Hall–Kier alpha value is -2.82. The highest BCUT2D eigenvalue weighted by molar-refractivity contribution is 6.04. The molecule has 27 heavy (non-hydrogen) atoms. The zero-order valence-corrected chi connectivity index (χ0v) is 16.2. The van der Waals surface area contributed by atoms with Crippen molar-refractivity contribution < 1.29 is 9.59 Å². The van der Waals surface area contributed by atoms with Crippen LogP contribution in [-0.4, -0.2) is 32.0 Å². The number of nitrogens with one attached hydrogen (secondary N) is 1.